The number of amides is 1. The molecule has 9 heteroatoms. The van der Waals surface area contributed by atoms with E-state index in [0.717, 1.165) is 24.2 Å². The number of carbonyl (C=O) groups is 1. The van der Waals surface area contributed by atoms with Crippen molar-refractivity contribution < 1.29 is 9.18 Å². The van der Waals surface area contributed by atoms with Crippen LogP contribution in [0, 0.1) is 5.95 Å². The van der Waals surface area contributed by atoms with E-state index in [1.807, 2.05) is 67.7 Å². The topological polar surface area (TPSA) is 80.0 Å². The van der Waals surface area contributed by atoms with Crippen LogP contribution in [0.15, 0.2) is 48.9 Å². The summed E-state index contributed by atoms with van der Waals surface area (Å²) in [5, 5.41) is 0. The maximum atomic E-state index is 14.7. The van der Waals surface area contributed by atoms with Gasteiger partial charge in [-0.05, 0) is 64.2 Å². The number of hydrogen-bond acceptors (Lipinski definition) is 6. The maximum absolute atomic E-state index is 14.7. The predicted octanol–water partition coefficient (Wildman–Crippen LogP) is 4.26. The van der Waals surface area contributed by atoms with E-state index in [2.05, 4.69) is 24.8 Å². The van der Waals surface area contributed by atoms with E-state index in [4.69, 9.17) is 0 Å². The van der Waals surface area contributed by atoms with Crippen LogP contribution in [0.4, 0.5) is 10.1 Å². The molecule has 4 aromatic rings. The lowest BCUT2D eigenvalue weighted by atomic mass is 10.0. The molecule has 1 saturated heterocycles. The van der Waals surface area contributed by atoms with Crippen molar-refractivity contribution >= 4 is 22.6 Å². The van der Waals surface area contributed by atoms with Gasteiger partial charge in [-0.3, -0.25) is 4.79 Å². The van der Waals surface area contributed by atoms with Crippen LogP contribution in [0.3, 0.4) is 0 Å². The largest absolute Gasteiger partial charge is 0.328 e. The van der Waals surface area contributed by atoms with Gasteiger partial charge in [0.1, 0.15) is 11.3 Å². The molecule has 3 aromatic heterocycles. The first-order chi connectivity index (χ1) is 17.3. The molecule has 8 nitrogen and oxygen atoms in total. The lowest BCUT2D eigenvalue weighted by Gasteiger charge is -2.34. The number of carbonyl (C=O) groups excluding carboxylic acids is 1. The second-order valence-corrected chi connectivity index (χ2v) is 9.77. The van der Waals surface area contributed by atoms with Crippen LogP contribution >= 0.6 is 0 Å². The molecular weight excluding hydrogens is 457 g/mol. The summed E-state index contributed by atoms with van der Waals surface area (Å²) in [6.07, 6.45) is 5.31. The summed E-state index contributed by atoms with van der Waals surface area (Å²) in [6.45, 7) is 4.76. The first kappa shape index (κ1) is 24.0. The molecule has 0 bridgehead atoms. The monoisotopic (exact) mass is 487 g/mol. The van der Waals surface area contributed by atoms with Crippen molar-refractivity contribution in [1.29, 1.82) is 0 Å². The highest BCUT2D eigenvalue weighted by atomic mass is 19.1. The third-order valence-electron chi connectivity index (χ3n) is 6.78. The first-order valence-electron chi connectivity index (χ1n) is 12.2. The van der Waals surface area contributed by atoms with Crippen molar-refractivity contribution in [1.82, 2.24) is 29.4 Å². The Kier molecular flexibility index (Phi) is 6.49. The molecule has 0 aliphatic carbocycles. The predicted molar refractivity (Wildman–Crippen MR) is 137 cm³/mol. The molecule has 1 aromatic carbocycles. The van der Waals surface area contributed by atoms with Crippen molar-refractivity contribution in [3.8, 4) is 11.4 Å². The fourth-order valence-electron chi connectivity index (χ4n) is 4.67. The van der Waals surface area contributed by atoms with Gasteiger partial charge < -0.3 is 14.4 Å². The molecule has 186 valence electrons. The molecule has 4 heterocycles. The van der Waals surface area contributed by atoms with E-state index < -0.39 is 5.95 Å². The number of anilines is 1. The van der Waals surface area contributed by atoms with Crippen LogP contribution in [-0.4, -0.2) is 62.0 Å². The Bertz CT molecular complexity index is 1400. The van der Waals surface area contributed by atoms with Crippen LogP contribution in [0.25, 0.3) is 22.4 Å². The summed E-state index contributed by atoms with van der Waals surface area (Å²) in [7, 11) is 4.04. The Morgan fingerprint density at radius 2 is 1.86 bits per heavy atom. The van der Waals surface area contributed by atoms with E-state index in [1.165, 1.54) is 0 Å². The number of pyridine rings is 1. The van der Waals surface area contributed by atoms with Gasteiger partial charge in [0.25, 0.3) is 0 Å². The van der Waals surface area contributed by atoms with Gasteiger partial charge in [-0.2, -0.15) is 4.39 Å². The van der Waals surface area contributed by atoms with Crippen LogP contribution in [0.2, 0.25) is 0 Å². The Morgan fingerprint density at radius 3 is 2.56 bits per heavy atom. The quantitative estimate of drug-likeness (QED) is 0.378. The van der Waals surface area contributed by atoms with Crippen LogP contribution in [-0.2, 0) is 11.2 Å². The van der Waals surface area contributed by atoms with Crippen LogP contribution in [0.1, 0.15) is 44.1 Å². The second kappa shape index (κ2) is 9.73. The number of piperidine rings is 1. The Morgan fingerprint density at radius 1 is 1.08 bits per heavy atom. The zero-order valence-electron chi connectivity index (χ0n) is 21.0. The Hall–Kier alpha value is -3.72. The number of imidazole rings is 1. The van der Waals surface area contributed by atoms with Crippen LogP contribution in [0.5, 0.6) is 0 Å². The molecule has 5 rings (SSSR count). The molecule has 0 radical (unpaired) electrons. The lowest BCUT2D eigenvalue weighted by Crippen LogP contribution is -2.45. The smallest absolute Gasteiger partial charge is 0.241 e. The van der Waals surface area contributed by atoms with Gasteiger partial charge in [-0.1, -0.05) is 12.1 Å². The Balaban J connectivity index is 1.34. The minimum absolute atomic E-state index is 0.142. The number of rotatable bonds is 6. The van der Waals surface area contributed by atoms with Crippen LogP contribution < -0.4 is 4.90 Å². The highest BCUT2D eigenvalue weighted by molar-refractivity contribution is 5.94. The average Bonchev–Trinajstić information content (AvgIpc) is 3.30. The summed E-state index contributed by atoms with van der Waals surface area (Å²) < 4.78 is 16.6. The van der Waals surface area contributed by atoms with Gasteiger partial charge in [0.2, 0.25) is 11.9 Å². The van der Waals surface area contributed by atoms with E-state index in [0.29, 0.717) is 41.6 Å². The summed E-state index contributed by atoms with van der Waals surface area (Å²) >= 11 is 0. The number of fused-ring (bicyclic) bond motifs is 1. The van der Waals surface area contributed by atoms with Crippen molar-refractivity contribution in [2.75, 3.05) is 25.5 Å². The van der Waals surface area contributed by atoms with Crippen molar-refractivity contribution in [3.63, 3.8) is 0 Å². The van der Waals surface area contributed by atoms with E-state index in [9.17, 15) is 9.18 Å². The second-order valence-electron chi connectivity index (χ2n) is 9.77. The highest BCUT2D eigenvalue weighted by Crippen LogP contribution is 2.26. The molecule has 1 amide bonds. The minimum atomic E-state index is -0.609. The number of aromatic nitrogens is 5. The van der Waals surface area contributed by atoms with E-state index >= 15 is 0 Å². The molecule has 1 aliphatic heterocycles. The molecule has 0 spiro atoms. The van der Waals surface area contributed by atoms with Crippen molar-refractivity contribution in [3.05, 3.63) is 66.3 Å². The number of benzene rings is 1. The van der Waals surface area contributed by atoms with Gasteiger partial charge in [0, 0.05) is 43.4 Å². The van der Waals surface area contributed by atoms with Gasteiger partial charge in [0.15, 0.2) is 0 Å². The number of hydrogen-bond donors (Lipinski definition) is 0. The summed E-state index contributed by atoms with van der Waals surface area (Å²) in [4.78, 5) is 34.0. The third kappa shape index (κ3) is 4.70. The lowest BCUT2D eigenvalue weighted by molar-refractivity contribution is -0.120. The van der Waals surface area contributed by atoms with E-state index in [1.54, 1.807) is 18.6 Å². The van der Waals surface area contributed by atoms with E-state index in [-0.39, 0.29) is 17.5 Å². The molecule has 1 fully saturated rings. The average molecular weight is 488 g/mol. The molecular formula is C27H30FN7O. The molecule has 1 unspecified atom stereocenters. The minimum Gasteiger partial charge on any atom is -0.328 e. The molecule has 1 atom stereocenters. The first-order valence-corrected chi connectivity index (χ1v) is 12.2. The summed E-state index contributed by atoms with van der Waals surface area (Å²) in [5.74, 6) is 0.156. The fraction of sp³-hybridized carbons (Fsp3) is 0.370. The molecule has 1 aliphatic rings. The highest BCUT2D eigenvalue weighted by Gasteiger charge is 2.27. The van der Waals surface area contributed by atoms with Gasteiger partial charge >= 0.3 is 0 Å². The fourth-order valence-corrected chi connectivity index (χ4v) is 4.67. The van der Waals surface area contributed by atoms with Crippen molar-refractivity contribution in [2.45, 2.75) is 45.2 Å². The zero-order valence-corrected chi connectivity index (χ0v) is 21.0. The molecule has 36 heavy (non-hydrogen) atoms. The number of halogens is 1. The van der Waals surface area contributed by atoms with Crippen molar-refractivity contribution in [2.24, 2.45) is 0 Å². The zero-order chi connectivity index (χ0) is 25.4. The molecule has 0 saturated carbocycles. The maximum Gasteiger partial charge on any atom is 0.241 e. The van der Waals surface area contributed by atoms with Gasteiger partial charge in [-0.15, -0.1) is 0 Å². The van der Waals surface area contributed by atoms with Gasteiger partial charge in [0.05, 0.1) is 23.2 Å². The SMILES string of the molecule is CC(C)n1cnc2c(F)nc(-c3ccnc(Cc4ccc(N5CCC(N(C)C)CC5=O)cc4)n3)cc21. The Labute approximate surface area is 209 Å². The molecule has 0 N–H and O–H groups in total. The number of nitrogens with zero attached hydrogens (tertiary/aromatic N) is 7. The van der Waals surface area contributed by atoms with Gasteiger partial charge in [-0.25, -0.2) is 19.9 Å². The summed E-state index contributed by atoms with van der Waals surface area (Å²) in [6, 6.07) is 12.0. The standard InChI is InChI=1S/C27H30FN7O/c1-17(2)35-16-30-26-23(35)15-22(32-27(26)28)21-9-11-29-24(31-21)13-18-5-7-19(8-6-18)34-12-10-20(33(3)4)14-25(34)36/h5-9,11,15-17,20H,10,12-14H2,1-4H3. The summed E-state index contributed by atoms with van der Waals surface area (Å²) in [5.41, 5.74) is 3.88. The normalized spacial score (nSPS) is 16.5. The third-order valence-corrected chi connectivity index (χ3v) is 6.78.